The van der Waals surface area contributed by atoms with Gasteiger partial charge in [-0.1, -0.05) is 15.9 Å². The minimum absolute atomic E-state index is 0.292. The van der Waals surface area contributed by atoms with Crippen LogP contribution in [0.25, 0.3) is 0 Å². The fourth-order valence-corrected chi connectivity index (χ4v) is 2.54. The van der Waals surface area contributed by atoms with E-state index in [-0.39, 0.29) is 5.91 Å². The van der Waals surface area contributed by atoms with Crippen LogP contribution < -0.4 is 10.6 Å². The van der Waals surface area contributed by atoms with Crippen LogP contribution in [0.3, 0.4) is 0 Å². The lowest BCUT2D eigenvalue weighted by Gasteiger charge is -2.21. The zero-order valence-electron chi connectivity index (χ0n) is 9.80. The fourth-order valence-electron chi connectivity index (χ4n) is 1.90. The summed E-state index contributed by atoms with van der Waals surface area (Å²) in [5, 5.41) is 0.763. The predicted octanol–water partition coefficient (Wildman–Crippen LogP) is 1.73. The van der Waals surface area contributed by atoms with Crippen LogP contribution in [0, 0.1) is 0 Å². The summed E-state index contributed by atoms with van der Waals surface area (Å²) in [6.07, 6.45) is 0.342. The van der Waals surface area contributed by atoms with Gasteiger partial charge in [-0.05, 0) is 36.5 Å². The van der Waals surface area contributed by atoms with E-state index in [9.17, 15) is 4.79 Å². The molecule has 18 heavy (non-hydrogen) atoms. The lowest BCUT2D eigenvalue weighted by Crippen LogP contribution is -2.33. The number of carbonyl (C=O) groups is 1. The van der Waals surface area contributed by atoms with Gasteiger partial charge in [-0.15, -0.1) is 0 Å². The number of anilines is 1. The van der Waals surface area contributed by atoms with Crippen molar-refractivity contribution in [3.63, 3.8) is 0 Å². The van der Waals surface area contributed by atoms with Gasteiger partial charge >= 0.3 is 0 Å². The molecular formula is C12H14BrN3OS. The molecule has 1 amide bonds. The third-order valence-electron chi connectivity index (χ3n) is 2.86. The highest BCUT2D eigenvalue weighted by molar-refractivity contribution is 9.10. The number of nitrogens with zero attached hydrogens (tertiary/aromatic N) is 2. The Morgan fingerprint density at radius 3 is 2.61 bits per heavy atom. The van der Waals surface area contributed by atoms with Crippen molar-refractivity contribution in [2.45, 2.75) is 6.42 Å². The Labute approximate surface area is 120 Å². The largest absolute Gasteiger partial charge is 0.370 e. The summed E-state index contributed by atoms with van der Waals surface area (Å²) in [5.74, 6) is -0.292. The molecule has 0 spiro atoms. The van der Waals surface area contributed by atoms with Crippen LogP contribution in [0.15, 0.2) is 28.7 Å². The highest BCUT2D eigenvalue weighted by Gasteiger charge is 2.25. The maximum Gasteiger partial charge on any atom is 0.219 e. The van der Waals surface area contributed by atoms with Crippen molar-refractivity contribution in [3.05, 3.63) is 28.7 Å². The van der Waals surface area contributed by atoms with E-state index >= 15 is 0 Å². The monoisotopic (exact) mass is 327 g/mol. The Balaban J connectivity index is 2.02. The maximum absolute atomic E-state index is 10.8. The standard InChI is InChI=1S/C12H14BrN3OS/c13-9-1-3-10(4-2-9)16-8-7-15(12(16)18)6-5-11(14)17/h1-4H,5-8H2,(H2,14,17). The molecule has 0 saturated carbocycles. The lowest BCUT2D eigenvalue weighted by atomic mass is 10.3. The molecule has 1 aliphatic rings. The molecule has 0 radical (unpaired) electrons. The quantitative estimate of drug-likeness (QED) is 0.856. The molecule has 2 rings (SSSR count). The summed E-state index contributed by atoms with van der Waals surface area (Å²) < 4.78 is 1.04. The first-order valence-corrected chi connectivity index (χ1v) is 6.88. The molecule has 1 saturated heterocycles. The molecule has 4 nitrogen and oxygen atoms in total. The number of primary amides is 1. The molecule has 96 valence electrons. The van der Waals surface area contributed by atoms with E-state index in [0.29, 0.717) is 13.0 Å². The summed E-state index contributed by atoms with van der Waals surface area (Å²) in [6.45, 7) is 2.28. The molecule has 0 unspecified atom stereocenters. The number of hydrogen-bond acceptors (Lipinski definition) is 2. The van der Waals surface area contributed by atoms with Crippen molar-refractivity contribution in [1.29, 1.82) is 0 Å². The zero-order chi connectivity index (χ0) is 13.1. The van der Waals surface area contributed by atoms with Gasteiger partial charge < -0.3 is 15.5 Å². The molecule has 1 aromatic carbocycles. The van der Waals surface area contributed by atoms with Gasteiger partial charge in [0.2, 0.25) is 5.91 Å². The number of hydrogen-bond donors (Lipinski definition) is 1. The summed E-state index contributed by atoms with van der Waals surface area (Å²) in [7, 11) is 0. The molecule has 1 aliphatic heterocycles. The summed E-state index contributed by atoms with van der Waals surface area (Å²) >= 11 is 8.83. The van der Waals surface area contributed by atoms with Crippen LogP contribution in [0.2, 0.25) is 0 Å². The van der Waals surface area contributed by atoms with Gasteiger partial charge in [0, 0.05) is 36.2 Å². The molecule has 0 atom stereocenters. The van der Waals surface area contributed by atoms with Crippen molar-refractivity contribution < 1.29 is 4.79 Å². The normalized spacial score (nSPS) is 15.3. The summed E-state index contributed by atoms with van der Waals surface area (Å²) in [4.78, 5) is 14.9. The zero-order valence-corrected chi connectivity index (χ0v) is 12.2. The Kier molecular flexibility index (Phi) is 4.19. The molecule has 0 bridgehead atoms. The average molecular weight is 328 g/mol. The first-order chi connectivity index (χ1) is 8.58. The Hall–Kier alpha value is -1.14. The molecule has 1 fully saturated rings. The van der Waals surface area contributed by atoms with Gasteiger partial charge in [0.15, 0.2) is 5.11 Å². The van der Waals surface area contributed by atoms with Crippen LogP contribution in [0.5, 0.6) is 0 Å². The van der Waals surface area contributed by atoms with Crippen molar-refractivity contribution in [1.82, 2.24) is 4.90 Å². The molecule has 2 N–H and O–H groups in total. The SMILES string of the molecule is NC(=O)CCN1CCN(c2ccc(Br)cc2)C1=S. The summed E-state index contributed by atoms with van der Waals surface area (Å²) in [6, 6.07) is 8.02. The lowest BCUT2D eigenvalue weighted by molar-refractivity contribution is -0.118. The van der Waals surface area contributed by atoms with E-state index < -0.39 is 0 Å². The molecule has 6 heteroatoms. The van der Waals surface area contributed by atoms with E-state index in [2.05, 4.69) is 20.8 Å². The molecule has 0 aliphatic carbocycles. The first kappa shape index (κ1) is 13.3. The van der Waals surface area contributed by atoms with Gasteiger partial charge in [0.1, 0.15) is 0 Å². The topological polar surface area (TPSA) is 49.6 Å². The van der Waals surface area contributed by atoms with Gasteiger partial charge in [-0.2, -0.15) is 0 Å². The predicted molar refractivity (Wildman–Crippen MR) is 79.5 cm³/mol. The van der Waals surface area contributed by atoms with Crippen LogP contribution in [0.4, 0.5) is 5.69 Å². The third-order valence-corrected chi connectivity index (χ3v) is 3.87. The number of thiocarbonyl (C=S) groups is 1. The van der Waals surface area contributed by atoms with E-state index in [1.807, 2.05) is 29.2 Å². The minimum Gasteiger partial charge on any atom is -0.370 e. The van der Waals surface area contributed by atoms with Crippen molar-refractivity contribution in [3.8, 4) is 0 Å². The first-order valence-electron chi connectivity index (χ1n) is 5.68. The van der Waals surface area contributed by atoms with Crippen molar-refractivity contribution >= 4 is 44.9 Å². The molecule has 1 aromatic rings. The molecule has 1 heterocycles. The Bertz CT molecular complexity index is 463. The van der Waals surface area contributed by atoms with E-state index in [0.717, 1.165) is 28.4 Å². The highest BCUT2D eigenvalue weighted by atomic mass is 79.9. The smallest absolute Gasteiger partial charge is 0.219 e. The van der Waals surface area contributed by atoms with Crippen LogP contribution >= 0.6 is 28.1 Å². The number of amides is 1. The minimum atomic E-state index is -0.292. The van der Waals surface area contributed by atoms with Crippen molar-refractivity contribution in [2.75, 3.05) is 24.5 Å². The van der Waals surface area contributed by atoms with Crippen molar-refractivity contribution in [2.24, 2.45) is 5.73 Å². The number of carbonyl (C=O) groups excluding carboxylic acids is 1. The molecule has 0 aromatic heterocycles. The Morgan fingerprint density at radius 2 is 2.00 bits per heavy atom. The fraction of sp³-hybridized carbons (Fsp3) is 0.333. The second-order valence-electron chi connectivity index (χ2n) is 4.11. The van der Waals surface area contributed by atoms with E-state index in [1.165, 1.54) is 0 Å². The van der Waals surface area contributed by atoms with Crippen LogP contribution in [-0.4, -0.2) is 35.6 Å². The van der Waals surface area contributed by atoms with Crippen LogP contribution in [-0.2, 0) is 4.79 Å². The molecular weight excluding hydrogens is 314 g/mol. The van der Waals surface area contributed by atoms with E-state index in [1.54, 1.807) is 0 Å². The van der Waals surface area contributed by atoms with E-state index in [4.69, 9.17) is 18.0 Å². The van der Waals surface area contributed by atoms with Gasteiger partial charge in [0.05, 0.1) is 0 Å². The number of rotatable bonds is 4. The highest BCUT2D eigenvalue weighted by Crippen LogP contribution is 2.22. The number of nitrogens with two attached hydrogens (primary N) is 1. The maximum atomic E-state index is 10.8. The summed E-state index contributed by atoms with van der Waals surface area (Å²) in [5.41, 5.74) is 6.22. The second-order valence-corrected chi connectivity index (χ2v) is 5.39. The van der Waals surface area contributed by atoms with Gasteiger partial charge in [-0.3, -0.25) is 4.79 Å². The van der Waals surface area contributed by atoms with Gasteiger partial charge in [0.25, 0.3) is 0 Å². The Morgan fingerprint density at radius 1 is 1.33 bits per heavy atom. The number of halogens is 1. The van der Waals surface area contributed by atoms with Crippen LogP contribution in [0.1, 0.15) is 6.42 Å². The average Bonchev–Trinajstić information content (AvgIpc) is 2.69. The second kappa shape index (κ2) is 5.67. The number of benzene rings is 1. The third kappa shape index (κ3) is 3.00. The van der Waals surface area contributed by atoms with Gasteiger partial charge in [-0.25, -0.2) is 0 Å².